The number of nitrogens with zero attached hydrogens (tertiary/aromatic N) is 2. The highest BCUT2D eigenvalue weighted by molar-refractivity contribution is 7.80. The molecule has 6 nitrogen and oxygen atoms in total. The lowest BCUT2D eigenvalue weighted by molar-refractivity contribution is -0.216. The summed E-state index contributed by atoms with van der Waals surface area (Å²) in [6, 6.07) is 8.01. The predicted molar refractivity (Wildman–Crippen MR) is 111 cm³/mol. The summed E-state index contributed by atoms with van der Waals surface area (Å²) in [5.41, 5.74) is -4.22. The summed E-state index contributed by atoms with van der Waals surface area (Å²) in [4.78, 5) is 16.3. The molecule has 1 aromatic carbocycles. The molecule has 0 aliphatic carbocycles. The van der Waals surface area contributed by atoms with E-state index < -0.39 is 28.8 Å². The van der Waals surface area contributed by atoms with E-state index in [1.165, 1.54) is 38.2 Å². The molecule has 1 atom stereocenters. The highest BCUT2D eigenvalue weighted by atomic mass is 32.1. The van der Waals surface area contributed by atoms with Gasteiger partial charge < -0.3 is 15.4 Å². The summed E-state index contributed by atoms with van der Waals surface area (Å²) in [6.07, 6.45) is 1.23. The molecule has 1 saturated heterocycles. The number of anilines is 1. The Morgan fingerprint density at radius 2 is 2.00 bits per heavy atom. The monoisotopic (exact) mass is 448 g/mol. The maximum atomic E-state index is 15.5. The molecule has 0 radical (unpaired) electrons. The molecular formula is C21H19F3N4O2S. The van der Waals surface area contributed by atoms with Gasteiger partial charge in [0.2, 0.25) is 0 Å². The summed E-state index contributed by atoms with van der Waals surface area (Å²) < 4.78 is 51.1. The SMILES string of the molecule is CC1(C)OCC(=S)N[C@](C)(c2cc(NC(=O)c3ccc(C#N)cn3)ccc2F)C1(F)F. The second-order valence-corrected chi connectivity index (χ2v) is 8.23. The Balaban J connectivity index is 2.00. The lowest BCUT2D eigenvalue weighted by Gasteiger charge is -2.44. The molecule has 2 N–H and O–H groups in total. The number of ether oxygens (including phenoxy) is 1. The zero-order chi connectivity index (χ0) is 23.0. The van der Waals surface area contributed by atoms with Crippen molar-refractivity contribution in [2.24, 2.45) is 0 Å². The minimum absolute atomic E-state index is 0.00312. The molecule has 1 aromatic heterocycles. The summed E-state index contributed by atoms with van der Waals surface area (Å²) in [7, 11) is 0. The van der Waals surface area contributed by atoms with Crippen LogP contribution in [0.4, 0.5) is 18.9 Å². The van der Waals surface area contributed by atoms with E-state index in [1.54, 1.807) is 0 Å². The van der Waals surface area contributed by atoms with Crippen molar-refractivity contribution >= 4 is 28.8 Å². The van der Waals surface area contributed by atoms with Gasteiger partial charge in [-0.15, -0.1) is 0 Å². The van der Waals surface area contributed by atoms with Crippen molar-refractivity contribution in [1.82, 2.24) is 10.3 Å². The van der Waals surface area contributed by atoms with Gasteiger partial charge in [-0.2, -0.15) is 5.26 Å². The van der Waals surface area contributed by atoms with Crippen LogP contribution in [0.25, 0.3) is 0 Å². The zero-order valence-electron chi connectivity index (χ0n) is 16.9. The van der Waals surface area contributed by atoms with Crippen LogP contribution in [-0.4, -0.2) is 34.0 Å². The van der Waals surface area contributed by atoms with Crippen molar-refractivity contribution in [3.05, 3.63) is 59.2 Å². The number of hydrogen-bond donors (Lipinski definition) is 2. The molecule has 0 unspecified atom stereocenters. The average molecular weight is 448 g/mol. The second-order valence-electron chi connectivity index (χ2n) is 7.74. The fraction of sp³-hybridized carbons (Fsp3) is 0.333. The molecule has 162 valence electrons. The van der Waals surface area contributed by atoms with Gasteiger partial charge in [0.25, 0.3) is 5.91 Å². The van der Waals surface area contributed by atoms with E-state index in [1.807, 2.05) is 6.07 Å². The first-order valence-corrected chi connectivity index (χ1v) is 9.62. The molecule has 0 bridgehead atoms. The van der Waals surface area contributed by atoms with Gasteiger partial charge in [0, 0.05) is 17.4 Å². The number of pyridine rings is 1. The Hall–Kier alpha value is -3.03. The normalized spacial score (nSPS) is 22.0. The Morgan fingerprint density at radius 3 is 2.61 bits per heavy atom. The van der Waals surface area contributed by atoms with Gasteiger partial charge >= 0.3 is 5.92 Å². The van der Waals surface area contributed by atoms with Crippen molar-refractivity contribution in [1.29, 1.82) is 5.26 Å². The minimum Gasteiger partial charge on any atom is -0.363 e. The molecule has 2 heterocycles. The average Bonchev–Trinajstić information content (AvgIpc) is 2.78. The number of amides is 1. The van der Waals surface area contributed by atoms with Crippen LogP contribution >= 0.6 is 12.2 Å². The van der Waals surface area contributed by atoms with Gasteiger partial charge in [-0.05, 0) is 51.1 Å². The highest BCUT2D eigenvalue weighted by Gasteiger charge is 2.64. The standard InChI is InChI=1S/C21H19F3N4O2S/c1-19(2)21(23,24)20(3,28-17(31)11-30-19)14-8-13(5-6-15(14)22)27-18(29)16-7-4-12(9-25)10-26-16/h4-8,10H,11H2,1-3H3,(H,27,29)(H,28,31)/t20-/m1/s1. The van der Waals surface area contributed by atoms with Crippen molar-refractivity contribution in [3.63, 3.8) is 0 Å². The fourth-order valence-electron chi connectivity index (χ4n) is 3.34. The Kier molecular flexibility index (Phi) is 5.78. The van der Waals surface area contributed by atoms with E-state index in [0.717, 1.165) is 19.1 Å². The first-order chi connectivity index (χ1) is 14.4. The highest BCUT2D eigenvalue weighted by Crippen LogP contribution is 2.48. The molecule has 2 aromatic rings. The molecular weight excluding hydrogens is 429 g/mol. The van der Waals surface area contributed by atoms with Gasteiger partial charge in [-0.3, -0.25) is 4.79 Å². The quantitative estimate of drug-likeness (QED) is 0.693. The van der Waals surface area contributed by atoms with Crippen molar-refractivity contribution in [2.45, 2.75) is 37.8 Å². The van der Waals surface area contributed by atoms with Crippen LogP contribution in [0.15, 0.2) is 36.5 Å². The largest absolute Gasteiger partial charge is 0.363 e. The van der Waals surface area contributed by atoms with Crippen LogP contribution in [0.3, 0.4) is 0 Å². The number of rotatable bonds is 3. The van der Waals surface area contributed by atoms with Crippen LogP contribution in [0.5, 0.6) is 0 Å². The van der Waals surface area contributed by atoms with E-state index in [-0.39, 0.29) is 34.1 Å². The first kappa shape index (κ1) is 22.7. The second kappa shape index (κ2) is 7.90. The van der Waals surface area contributed by atoms with E-state index in [9.17, 15) is 9.18 Å². The van der Waals surface area contributed by atoms with Gasteiger partial charge in [0.05, 0.1) is 12.2 Å². The van der Waals surface area contributed by atoms with E-state index in [0.29, 0.717) is 0 Å². The summed E-state index contributed by atoms with van der Waals surface area (Å²) in [6.45, 7) is 3.32. The van der Waals surface area contributed by atoms with Crippen LogP contribution in [-0.2, 0) is 10.3 Å². The number of carbonyl (C=O) groups excluding carboxylic acids is 1. The molecule has 1 aliphatic heterocycles. The Morgan fingerprint density at radius 1 is 1.29 bits per heavy atom. The molecule has 3 rings (SSSR count). The van der Waals surface area contributed by atoms with E-state index in [2.05, 4.69) is 15.6 Å². The molecule has 0 spiro atoms. The fourth-order valence-corrected chi connectivity index (χ4v) is 3.61. The maximum absolute atomic E-state index is 15.5. The molecule has 0 saturated carbocycles. The zero-order valence-corrected chi connectivity index (χ0v) is 17.7. The summed E-state index contributed by atoms with van der Waals surface area (Å²) in [5.74, 6) is -5.13. The molecule has 1 fully saturated rings. The van der Waals surface area contributed by atoms with Crippen LogP contribution in [0.2, 0.25) is 0 Å². The Labute approximate surface area is 182 Å². The number of nitriles is 1. The lowest BCUT2D eigenvalue weighted by Crippen LogP contribution is -2.62. The molecule has 1 amide bonds. The molecule has 31 heavy (non-hydrogen) atoms. The molecule has 10 heteroatoms. The summed E-state index contributed by atoms with van der Waals surface area (Å²) >= 11 is 5.08. The third-order valence-corrected chi connectivity index (χ3v) is 5.45. The Bertz CT molecular complexity index is 1080. The van der Waals surface area contributed by atoms with Crippen LogP contribution in [0, 0.1) is 17.1 Å². The number of benzene rings is 1. The smallest absolute Gasteiger partial charge is 0.302 e. The topological polar surface area (TPSA) is 87.0 Å². The van der Waals surface area contributed by atoms with E-state index >= 15 is 8.78 Å². The number of alkyl halides is 2. The lowest BCUT2D eigenvalue weighted by atomic mass is 9.77. The first-order valence-electron chi connectivity index (χ1n) is 9.21. The summed E-state index contributed by atoms with van der Waals surface area (Å²) in [5, 5.41) is 13.9. The van der Waals surface area contributed by atoms with Gasteiger partial charge in [0.1, 0.15) is 33.7 Å². The number of hydrogen-bond acceptors (Lipinski definition) is 5. The van der Waals surface area contributed by atoms with Crippen molar-refractivity contribution in [3.8, 4) is 6.07 Å². The maximum Gasteiger partial charge on any atom is 0.302 e. The number of nitrogens with one attached hydrogen (secondary N) is 2. The number of thiocarbonyl (C=S) groups is 1. The van der Waals surface area contributed by atoms with Crippen LogP contribution in [0.1, 0.15) is 42.4 Å². The third kappa shape index (κ3) is 3.98. The van der Waals surface area contributed by atoms with Gasteiger partial charge in [-0.25, -0.2) is 18.2 Å². The van der Waals surface area contributed by atoms with E-state index in [4.69, 9.17) is 22.2 Å². The predicted octanol–water partition coefficient (Wildman–Crippen LogP) is 3.92. The van der Waals surface area contributed by atoms with Crippen LogP contribution < -0.4 is 10.6 Å². The third-order valence-electron chi connectivity index (χ3n) is 5.23. The number of aromatic nitrogens is 1. The number of halogens is 3. The number of carbonyl (C=O) groups is 1. The minimum atomic E-state index is -3.58. The van der Waals surface area contributed by atoms with Crippen molar-refractivity contribution in [2.75, 3.05) is 11.9 Å². The van der Waals surface area contributed by atoms with Gasteiger partial charge in [-0.1, -0.05) is 12.2 Å². The molecule has 1 aliphatic rings. The van der Waals surface area contributed by atoms with Gasteiger partial charge in [0.15, 0.2) is 0 Å². The van der Waals surface area contributed by atoms with Crippen molar-refractivity contribution < 1.29 is 22.7 Å².